The Morgan fingerprint density at radius 1 is 0.833 bits per heavy atom. The standard InChI is InChI=1S/C13H29O3P.K.H/c1-2-3-4-5-6-7-8-9-10-11-12-13-16-17(14)15;;/h17H,2-13H2,1H3,(H,14,15);;. The summed E-state index contributed by atoms with van der Waals surface area (Å²) in [6, 6.07) is 0. The molecule has 0 aliphatic heterocycles. The molecule has 0 aromatic carbocycles. The van der Waals surface area contributed by atoms with E-state index in [9.17, 15) is 4.57 Å². The van der Waals surface area contributed by atoms with Crippen LogP contribution >= 0.6 is 8.25 Å². The molecule has 0 fully saturated rings. The van der Waals surface area contributed by atoms with Gasteiger partial charge in [-0.1, -0.05) is 71.1 Å². The summed E-state index contributed by atoms with van der Waals surface area (Å²) in [5.41, 5.74) is 0. The SMILES string of the molecule is CCCCCCCCCCCCCO[PH](=O)O.[KH]. The minimum atomic E-state index is -2.70. The molecule has 0 spiro atoms. The van der Waals surface area contributed by atoms with Gasteiger partial charge in [-0.05, 0) is 6.42 Å². The van der Waals surface area contributed by atoms with Crippen molar-refractivity contribution in [1.29, 1.82) is 0 Å². The maximum absolute atomic E-state index is 10.2. The Hall–Kier alpha value is 1.79. The van der Waals surface area contributed by atoms with Gasteiger partial charge in [0, 0.05) is 0 Å². The molecule has 1 atom stereocenters. The zero-order valence-electron chi connectivity index (χ0n) is 11.2. The molecular formula is C13H30KO3P. The Balaban J connectivity index is 0. The van der Waals surface area contributed by atoms with Crippen molar-refractivity contribution in [3.8, 4) is 0 Å². The number of unbranched alkanes of at least 4 members (excludes halogenated alkanes) is 10. The molecule has 0 aliphatic carbocycles. The van der Waals surface area contributed by atoms with Gasteiger partial charge in [0.2, 0.25) is 0 Å². The molecule has 0 aliphatic rings. The molecule has 5 heteroatoms. The molecule has 0 radical (unpaired) electrons. The fourth-order valence-corrected chi connectivity index (χ4v) is 2.24. The van der Waals surface area contributed by atoms with Crippen molar-refractivity contribution in [3.05, 3.63) is 0 Å². The van der Waals surface area contributed by atoms with Crippen molar-refractivity contribution >= 4 is 59.6 Å². The second kappa shape index (κ2) is 18.8. The van der Waals surface area contributed by atoms with Crippen LogP contribution in [0.25, 0.3) is 0 Å². The third kappa shape index (κ3) is 20.1. The van der Waals surface area contributed by atoms with Gasteiger partial charge in [0.25, 0.3) is 0 Å². The van der Waals surface area contributed by atoms with Gasteiger partial charge in [0.1, 0.15) is 0 Å². The summed E-state index contributed by atoms with van der Waals surface area (Å²) in [7, 11) is -2.70. The van der Waals surface area contributed by atoms with Crippen molar-refractivity contribution < 1.29 is 14.0 Å². The van der Waals surface area contributed by atoms with Crippen LogP contribution in [0.1, 0.15) is 77.6 Å². The van der Waals surface area contributed by atoms with E-state index in [-0.39, 0.29) is 51.4 Å². The van der Waals surface area contributed by atoms with Crippen LogP contribution in [0.3, 0.4) is 0 Å². The summed E-state index contributed by atoms with van der Waals surface area (Å²) in [5, 5.41) is 0. The zero-order valence-corrected chi connectivity index (χ0v) is 12.2. The maximum atomic E-state index is 10.2. The molecule has 1 unspecified atom stereocenters. The summed E-state index contributed by atoms with van der Waals surface area (Å²) in [4.78, 5) is 8.44. The molecule has 0 aromatic heterocycles. The Bertz CT molecular complexity index is 180. The van der Waals surface area contributed by atoms with E-state index in [0.717, 1.165) is 12.8 Å². The van der Waals surface area contributed by atoms with Crippen molar-refractivity contribution in [1.82, 2.24) is 0 Å². The van der Waals surface area contributed by atoms with Gasteiger partial charge in [-0.15, -0.1) is 0 Å². The third-order valence-electron chi connectivity index (χ3n) is 2.97. The van der Waals surface area contributed by atoms with Gasteiger partial charge >= 0.3 is 59.6 Å². The van der Waals surface area contributed by atoms with Crippen LogP contribution < -0.4 is 0 Å². The molecule has 0 amide bonds. The second-order valence-electron chi connectivity index (χ2n) is 4.65. The molecule has 0 heterocycles. The van der Waals surface area contributed by atoms with E-state index < -0.39 is 8.25 Å². The predicted octanol–water partition coefficient (Wildman–Crippen LogP) is 4.05. The first kappa shape index (κ1) is 22.1. The van der Waals surface area contributed by atoms with Crippen LogP contribution in [0.4, 0.5) is 0 Å². The zero-order chi connectivity index (χ0) is 12.8. The van der Waals surface area contributed by atoms with Gasteiger partial charge in [0.05, 0.1) is 6.61 Å². The first-order valence-corrected chi connectivity index (χ1v) is 8.39. The molecule has 0 rings (SSSR count). The average Bonchev–Trinajstić information content (AvgIpc) is 2.30. The molecule has 18 heavy (non-hydrogen) atoms. The number of hydrogen-bond donors (Lipinski definition) is 1. The van der Waals surface area contributed by atoms with E-state index in [2.05, 4.69) is 11.4 Å². The van der Waals surface area contributed by atoms with E-state index in [4.69, 9.17) is 4.89 Å². The molecule has 0 saturated heterocycles. The van der Waals surface area contributed by atoms with Crippen LogP contribution in [0, 0.1) is 0 Å². The van der Waals surface area contributed by atoms with Gasteiger partial charge in [-0.3, -0.25) is 4.57 Å². The summed E-state index contributed by atoms with van der Waals surface area (Å²) in [6.07, 6.45) is 14.1. The van der Waals surface area contributed by atoms with Gasteiger partial charge in [-0.2, -0.15) is 0 Å². The average molecular weight is 304 g/mol. The van der Waals surface area contributed by atoms with E-state index in [1.807, 2.05) is 0 Å². The summed E-state index contributed by atoms with van der Waals surface area (Å²) < 4.78 is 14.9. The molecular weight excluding hydrogens is 274 g/mol. The second-order valence-corrected chi connectivity index (χ2v) is 5.47. The molecule has 0 aromatic rings. The van der Waals surface area contributed by atoms with Crippen LogP contribution in [-0.2, 0) is 9.09 Å². The Morgan fingerprint density at radius 3 is 1.61 bits per heavy atom. The van der Waals surface area contributed by atoms with Crippen LogP contribution in [0.2, 0.25) is 0 Å². The molecule has 3 nitrogen and oxygen atoms in total. The van der Waals surface area contributed by atoms with Gasteiger partial charge in [0.15, 0.2) is 0 Å². The van der Waals surface area contributed by atoms with Crippen LogP contribution in [-0.4, -0.2) is 62.9 Å². The van der Waals surface area contributed by atoms with Crippen molar-refractivity contribution in [2.24, 2.45) is 0 Å². The van der Waals surface area contributed by atoms with Crippen LogP contribution in [0.15, 0.2) is 0 Å². The normalized spacial score (nSPS) is 12.1. The number of rotatable bonds is 13. The quantitative estimate of drug-likeness (QED) is 0.317. The molecule has 0 bridgehead atoms. The van der Waals surface area contributed by atoms with Crippen molar-refractivity contribution in [3.63, 3.8) is 0 Å². The van der Waals surface area contributed by atoms with Crippen molar-refractivity contribution in [2.45, 2.75) is 77.6 Å². The fraction of sp³-hybridized carbons (Fsp3) is 1.00. The predicted molar refractivity (Wildman–Crippen MR) is 80.8 cm³/mol. The molecule has 106 valence electrons. The Labute approximate surface area is 156 Å². The summed E-state index contributed by atoms with van der Waals surface area (Å²) in [5.74, 6) is 0. The molecule has 0 saturated carbocycles. The van der Waals surface area contributed by atoms with E-state index in [1.165, 1.54) is 57.8 Å². The molecule has 1 N–H and O–H groups in total. The Morgan fingerprint density at radius 2 is 1.22 bits per heavy atom. The van der Waals surface area contributed by atoms with Crippen molar-refractivity contribution in [2.75, 3.05) is 6.61 Å². The third-order valence-corrected chi connectivity index (χ3v) is 3.42. The number of hydrogen-bond acceptors (Lipinski definition) is 2. The Kier molecular flexibility index (Phi) is 23.0. The summed E-state index contributed by atoms with van der Waals surface area (Å²) in [6.45, 7) is 2.68. The minimum absolute atomic E-state index is 0. The van der Waals surface area contributed by atoms with Gasteiger partial charge in [-0.25, -0.2) is 0 Å². The fourth-order valence-electron chi connectivity index (χ4n) is 1.93. The van der Waals surface area contributed by atoms with E-state index in [1.54, 1.807) is 0 Å². The van der Waals surface area contributed by atoms with Gasteiger partial charge < -0.3 is 9.42 Å². The first-order valence-electron chi connectivity index (χ1n) is 7.13. The first-order chi connectivity index (χ1) is 8.27. The summed E-state index contributed by atoms with van der Waals surface area (Å²) >= 11 is 0. The van der Waals surface area contributed by atoms with Crippen LogP contribution in [0.5, 0.6) is 0 Å². The monoisotopic (exact) mass is 304 g/mol. The van der Waals surface area contributed by atoms with E-state index in [0.29, 0.717) is 6.61 Å². The topological polar surface area (TPSA) is 46.5 Å². The van der Waals surface area contributed by atoms with E-state index >= 15 is 0 Å².